The Labute approximate surface area is 154 Å². The highest BCUT2D eigenvalue weighted by Crippen LogP contribution is 2.56. The van der Waals surface area contributed by atoms with Gasteiger partial charge >= 0.3 is 6.18 Å². The van der Waals surface area contributed by atoms with Gasteiger partial charge < -0.3 is 15.2 Å². The molecule has 2 atom stereocenters. The molecule has 0 radical (unpaired) electrons. The predicted octanol–water partition coefficient (Wildman–Crippen LogP) is 4.89. The quantitative estimate of drug-likeness (QED) is 0.523. The van der Waals surface area contributed by atoms with Crippen molar-refractivity contribution < 1.29 is 22.6 Å². The molecule has 1 heterocycles. The van der Waals surface area contributed by atoms with Crippen LogP contribution < -0.4 is 10.5 Å². The zero-order valence-corrected chi connectivity index (χ0v) is 14.6. The second-order valence-corrected chi connectivity index (χ2v) is 6.68. The predicted molar refractivity (Wildman–Crippen MR) is 97.9 cm³/mol. The Morgan fingerprint density at radius 2 is 1.70 bits per heavy atom. The minimum Gasteiger partial charge on any atom is -0.497 e. The molecular formula is C21H18F3NO2. The van der Waals surface area contributed by atoms with Crippen molar-refractivity contribution in [3.63, 3.8) is 0 Å². The van der Waals surface area contributed by atoms with Gasteiger partial charge in [0.1, 0.15) is 5.75 Å². The SMILES string of the molecule is COc1cccc(C(c2cccc3c(N)cccc23)C2(C(F)(F)F)CO2)c1. The summed E-state index contributed by atoms with van der Waals surface area (Å²) in [5, 5.41) is 1.41. The van der Waals surface area contributed by atoms with Crippen LogP contribution in [0, 0.1) is 0 Å². The second-order valence-electron chi connectivity index (χ2n) is 6.68. The molecule has 1 aliphatic rings. The van der Waals surface area contributed by atoms with Crippen molar-refractivity contribution in [2.75, 3.05) is 19.5 Å². The van der Waals surface area contributed by atoms with E-state index >= 15 is 0 Å². The first-order valence-corrected chi connectivity index (χ1v) is 8.49. The lowest BCUT2D eigenvalue weighted by molar-refractivity contribution is -0.187. The lowest BCUT2D eigenvalue weighted by Crippen LogP contribution is -2.39. The van der Waals surface area contributed by atoms with Crippen molar-refractivity contribution in [3.05, 3.63) is 71.8 Å². The molecule has 0 saturated carbocycles. The van der Waals surface area contributed by atoms with Crippen LogP contribution in [0.25, 0.3) is 10.8 Å². The molecule has 0 spiro atoms. The van der Waals surface area contributed by atoms with Crippen LogP contribution in [0.3, 0.4) is 0 Å². The van der Waals surface area contributed by atoms with Gasteiger partial charge in [0.25, 0.3) is 0 Å². The number of anilines is 1. The molecule has 3 aromatic rings. The molecule has 0 aromatic heterocycles. The Kier molecular flexibility index (Phi) is 4.03. The zero-order chi connectivity index (χ0) is 19.2. The summed E-state index contributed by atoms with van der Waals surface area (Å²) in [5.41, 5.74) is 5.34. The Balaban J connectivity index is 1.99. The van der Waals surface area contributed by atoms with E-state index < -0.39 is 17.7 Å². The van der Waals surface area contributed by atoms with Gasteiger partial charge in [-0.1, -0.05) is 42.5 Å². The van der Waals surface area contributed by atoms with E-state index in [9.17, 15) is 13.2 Å². The summed E-state index contributed by atoms with van der Waals surface area (Å²) in [7, 11) is 1.49. The molecule has 6 heteroatoms. The Bertz CT molecular complexity index is 996. The average Bonchev–Trinajstić information content (AvgIpc) is 3.45. The number of nitrogen functional groups attached to an aromatic ring is 1. The fourth-order valence-corrected chi connectivity index (χ4v) is 3.70. The number of ether oxygens (including phenoxy) is 2. The van der Waals surface area contributed by atoms with E-state index in [2.05, 4.69) is 0 Å². The second kappa shape index (κ2) is 6.16. The minimum atomic E-state index is -4.51. The molecule has 140 valence electrons. The van der Waals surface area contributed by atoms with Crippen LogP contribution in [0.15, 0.2) is 60.7 Å². The average molecular weight is 373 g/mol. The third-order valence-electron chi connectivity index (χ3n) is 5.13. The number of fused-ring (bicyclic) bond motifs is 1. The highest BCUT2D eigenvalue weighted by molar-refractivity contribution is 5.95. The molecular weight excluding hydrogens is 355 g/mol. The number of nitrogens with two attached hydrogens (primary N) is 1. The fraction of sp³-hybridized carbons (Fsp3) is 0.238. The number of rotatable bonds is 4. The van der Waals surface area contributed by atoms with Gasteiger partial charge in [-0.15, -0.1) is 0 Å². The summed E-state index contributed by atoms with van der Waals surface area (Å²) in [6.07, 6.45) is -4.51. The topological polar surface area (TPSA) is 47.8 Å². The van der Waals surface area contributed by atoms with E-state index in [0.717, 1.165) is 5.39 Å². The van der Waals surface area contributed by atoms with Crippen molar-refractivity contribution in [3.8, 4) is 5.75 Å². The maximum absolute atomic E-state index is 14.0. The van der Waals surface area contributed by atoms with Gasteiger partial charge in [-0.05, 0) is 34.7 Å². The summed E-state index contributed by atoms with van der Waals surface area (Å²) < 4.78 is 52.3. The standard InChI is InChI=1S/C21H18F3NO2/c1-26-14-6-2-5-13(11-14)19(20(12-27-20)21(22,23)24)17-9-3-8-16-15(17)7-4-10-18(16)25/h2-11,19H,12,25H2,1H3. The van der Waals surface area contributed by atoms with Crippen LogP contribution in [0.1, 0.15) is 17.0 Å². The number of alkyl halides is 3. The maximum atomic E-state index is 14.0. The molecule has 27 heavy (non-hydrogen) atoms. The van der Waals surface area contributed by atoms with Gasteiger partial charge in [-0.3, -0.25) is 0 Å². The fourth-order valence-electron chi connectivity index (χ4n) is 3.70. The Morgan fingerprint density at radius 1 is 1.04 bits per heavy atom. The van der Waals surface area contributed by atoms with Gasteiger partial charge in [0, 0.05) is 11.1 Å². The minimum absolute atomic E-state index is 0.378. The highest BCUT2D eigenvalue weighted by Gasteiger charge is 2.70. The Morgan fingerprint density at radius 3 is 2.37 bits per heavy atom. The van der Waals surface area contributed by atoms with Gasteiger partial charge in [0.15, 0.2) is 5.60 Å². The molecule has 2 N–H and O–H groups in total. The van der Waals surface area contributed by atoms with Crippen molar-refractivity contribution in [2.24, 2.45) is 0 Å². The number of halogens is 3. The molecule has 0 bridgehead atoms. The molecule has 1 fully saturated rings. The van der Waals surface area contributed by atoms with E-state index in [1.807, 2.05) is 6.07 Å². The lowest BCUT2D eigenvalue weighted by atomic mass is 9.78. The van der Waals surface area contributed by atoms with Gasteiger partial charge in [0.2, 0.25) is 0 Å². The third kappa shape index (κ3) is 2.80. The first kappa shape index (κ1) is 17.7. The largest absolute Gasteiger partial charge is 0.497 e. The summed E-state index contributed by atoms with van der Waals surface area (Å²) in [5.74, 6) is -0.534. The zero-order valence-electron chi connectivity index (χ0n) is 14.6. The molecule has 3 aromatic carbocycles. The van der Waals surface area contributed by atoms with Gasteiger partial charge in [-0.2, -0.15) is 13.2 Å². The number of hydrogen-bond donors (Lipinski definition) is 1. The summed E-state index contributed by atoms with van der Waals surface area (Å²) >= 11 is 0. The maximum Gasteiger partial charge on any atom is 0.420 e. The normalized spacial score (nSPS) is 20.4. The molecule has 4 rings (SSSR count). The van der Waals surface area contributed by atoms with Crippen molar-refractivity contribution >= 4 is 16.5 Å². The van der Waals surface area contributed by atoms with Crippen LogP contribution in [0.5, 0.6) is 5.75 Å². The number of methoxy groups -OCH3 is 1. The van der Waals surface area contributed by atoms with Crippen molar-refractivity contribution in [2.45, 2.75) is 17.7 Å². The van der Waals surface area contributed by atoms with Crippen molar-refractivity contribution in [1.82, 2.24) is 0 Å². The van der Waals surface area contributed by atoms with Crippen LogP contribution in [0.2, 0.25) is 0 Å². The van der Waals surface area contributed by atoms with Crippen LogP contribution in [-0.4, -0.2) is 25.5 Å². The first-order chi connectivity index (χ1) is 12.9. The summed E-state index contributed by atoms with van der Waals surface area (Å²) in [6.45, 7) is -0.378. The highest BCUT2D eigenvalue weighted by atomic mass is 19.4. The molecule has 0 amide bonds. The molecule has 1 saturated heterocycles. The van der Waals surface area contributed by atoms with E-state index in [-0.39, 0.29) is 6.61 Å². The number of epoxide rings is 1. The van der Waals surface area contributed by atoms with Crippen molar-refractivity contribution in [1.29, 1.82) is 0 Å². The van der Waals surface area contributed by atoms with Crippen LogP contribution in [0.4, 0.5) is 18.9 Å². The van der Waals surface area contributed by atoms with Gasteiger partial charge in [0.05, 0.1) is 19.6 Å². The third-order valence-corrected chi connectivity index (χ3v) is 5.13. The summed E-state index contributed by atoms with van der Waals surface area (Å²) in [4.78, 5) is 0. The smallest absolute Gasteiger partial charge is 0.420 e. The van der Waals surface area contributed by atoms with Crippen LogP contribution in [-0.2, 0) is 4.74 Å². The van der Waals surface area contributed by atoms with E-state index in [1.54, 1.807) is 54.6 Å². The van der Waals surface area contributed by atoms with E-state index in [0.29, 0.717) is 28.0 Å². The van der Waals surface area contributed by atoms with E-state index in [4.69, 9.17) is 15.2 Å². The summed E-state index contributed by atoms with van der Waals surface area (Å²) in [6, 6.07) is 17.2. The number of hydrogen-bond acceptors (Lipinski definition) is 3. The Hall–Kier alpha value is -2.73. The number of benzene rings is 3. The van der Waals surface area contributed by atoms with E-state index in [1.165, 1.54) is 7.11 Å². The van der Waals surface area contributed by atoms with Gasteiger partial charge in [-0.25, -0.2) is 0 Å². The molecule has 1 aliphatic heterocycles. The van der Waals surface area contributed by atoms with Crippen LogP contribution >= 0.6 is 0 Å². The molecule has 2 unspecified atom stereocenters. The first-order valence-electron chi connectivity index (χ1n) is 8.49. The molecule has 0 aliphatic carbocycles. The lowest BCUT2D eigenvalue weighted by Gasteiger charge is -2.28. The molecule has 3 nitrogen and oxygen atoms in total. The monoisotopic (exact) mass is 373 g/mol.